The number of hydrogen-bond acceptors (Lipinski definition) is 7. The first-order valence-electron chi connectivity index (χ1n) is 6.11. The summed E-state index contributed by atoms with van der Waals surface area (Å²) in [4.78, 5) is 33.0. The van der Waals surface area contributed by atoms with Crippen molar-refractivity contribution in [2.45, 2.75) is 25.5 Å². The lowest BCUT2D eigenvalue weighted by molar-refractivity contribution is -0.117. The van der Waals surface area contributed by atoms with Crippen molar-refractivity contribution in [3.63, 3.8) is 0 Å². The molecule has 3 rings (SSSR count). The number of carbonyl (C=O) groups excluding carboxylic acids is 2. The van der Waals surface area contributed by atoms with Crippen LogP contribution < -0.4 is 4.90 Å². The van der Waals surface area contributed by atoms with Crippen LogP contribution in [0.3, 0.4) is 0 Å². The van der Waals surface area contributed by atoms with E-state index in [1.807, 2.05) is 0 Å². The molecule has 104 valence electrons. The number of nitrogens with zero attached hydrogens (tertiary/aromatic N) is 4. The minimum atomic E-state index is -0.0515. The highest BCUT2D eigenvalue weighted by molar-refractivity contribution is 8.14. The van der Waals surface area contributed by atoms with Gasteiger partial charge in [-0.3, -0.25) is 14.5 Å². The van der Waals surface area contributed by atoms with Gasteiger partial charge in [0.2, 0.25) is 5.91 Å². The Morgan fingerprint density at radius 3 is 3.05 bits per heavy atom. The molecular weight excluding hydrogens is 280 g/mol. The second-order valence-electron chi connectivity index (χ2n) is 4.59. The third-order valence-corrected chi connectivity index (χ3v) is 4.08. The predicted molar refractivity (Wildman–Crippen MR) is 73.4 cm³/mol. The van der Waals surface area contributed by atoms with Gasteiger partial charge in [-0.05, 0) is 6.92 Å². The van der Waals surface area contributed by atoms with E-state index in [1.54, 1.807) is 11.8 Å². The highest BCUT2D eigenvalue weighted by Gasteiger charge is 2.34. The van der Waals surface area contributed by atoms with Crippen LogP contribution in [0, 0.1) is 6.92 Å². The SMILES string of the molecule is CC(=O)SC1CC(=O)N(c2ncnc3onc(C)c23)C1. The van der Waals surface area contributed by atoms with Crippen LogP contribution in [0.25, 0.3) is 11.1 Å². The lowest BCUT2D eigenvalue weighted by atomic mass is 10.3. The molecule has 1 aliphatic heterocycles. The van der Waals surface area contributed by atoms with E-state index in [2.05, 4.69) is 15.1 Å². The van der Waals surface area contributed by atoms with Crippen LogP contribution in [-0.4, -0.2) is 37.9 Å². The van der Waals surface area contributed by atoms with Crippen LogP contribution in [0.15, 0.2) is 10.9 Å². The van der Waals surface area contributed by atoms with Crippen LogP contribution in [0.5, 0.6) is 0 Å². The van der Waals surface area contributed by atoms with Gasteiger partial charge < -0.3 is 4.52 Å². The average molecular weight is 292 g/mol. The second kappa shape index (κ2) is 4.86. The van der Waals surface area contributed by atoms with E-state index in [1.165, 1.54) is 25.0 Å². The summed E-state index contributed by atoms with van der Waals surface area (Å²) in [5, 5.41) is 4.47. The van der Waals surface area contributed by atoms with Crippen LogP contribution in [0.4, 0.5) is 5.82 Å². The van der Waals surface area contributed by atoms with Crippen LogP contribution in [0.1, 0.15) is 19.0 Å². The van der Waals surface area contributed by atoms with Crippen molar-refractivity contribution in [3.05, 3.63) is 12.0 Å². The molecular formula is C12H12N4O3S. The first-order valence-corrected chi connectivity index (χ1v) is 6.99. The third-order valence-electron chi connectivity index (χ3n) is 3.10. The predicted octanol–water partition coefficient (Wildman–Crippen LogP) is 1.31. The largest absolute Gasteiger partial charge is 0.335 e. The number of anilines is 1. The van der Waals surface area contributed by atoms with Crippen molar-refractivity contribution in [2.24, 2.45) is 0 Å². The molecule has 1 unspecified atom stereocenters. The summed E-state index contributed by atoms with van der Waals surface area (Å²) in [6, 6.07) is 0. The van der Waals surface area contributed by atoms with E-state index in [0.717, 1.165) is 0 Å². The molecule has 3 heterocycles. The summed E-state index contributed by atoms with van der Waals surface area (Å²) in [5.74, 6) is 0.453. The maximum atomic E-state index is 12.1. The van der Waals surface area contributed by atoms with Crippen molar-refractivity contribution < 1.29 is 14.1 Å². The van der Waals surface area contributed by atoms with Gasteiger partial charge in [-0.2, -0.15) is 4.98 Å². The van der Waals surface area contributed by atoms with E-state index in [0.29, 0.717) is 35.6 Å². The molecule has 7 nitrogen and oxygen atoms in total. The normalized spacial score (nSPS) is 19.0. The van der Waals surface area contributed by atoms with Crippen LogP contribution >= 0.6 is 11.8 Å². The lowest BCUT2D eigenvalue weighted by Gasteiger charge is -2.15. The van der Waals surface area contributed by atoms with Crippen molar-refractivity contribution in [3.8, 4) is 0 Å². The number of carbonyl (C=O) groups is 2. The molecule has 1 aliphatic rings. The number of fused-ring (bicyclic) bond motifs is 1. The summed E-state index contributed by atoms with van der Waals surface area (Å²) >= 11 is 1.19. The molecule has 0 saturated carbocycles. The Morgan fingerprint density at radius 1 is 1.50 bits per heavy atom. The van der Waals surface area contributed by atoms with E-state index in [4.69, 9.17) is 4.52 Å². The molecule has 1 saturated heterocycles. The minimum Gasteiger partial charge on any atom is -0.335 e. The molecule has 0 spiro atoms. The molecule has 1 amide bonds. The van der Waals surface area contributed by atoms with Crippen molar-refractivity contribution in [1.82, 2.24) is 15.1 Å². The van der Waals surface area contributed by atoms with Crippen molar-refractivity contribution in [1.29, 1.82) is 0 Å². The molecule has 0 aromatic carbocycles. The lowest BCUT2D eigenvalue weighted by Crippen LogP contribution is -2.26. The molecule has 2 aromatic heterocycles. The quantitative estimate of drug-likeness (QED) is 0.824. The molecule has 20 heavy (non-hydrogen) atoms. The average Bonchev–Trinajstić information content (AvgIpc) is 2.93. The number of aryl methyl sites for hydroxylation is 1. The molecule has 1 fully saturated rings. The van der Waals surface area contributed by atoms with Gasteiger partial charge in [0.15, 0.2) is 10.9 Å². The standard InChI is InChI=1S/C12H12N4O3S/c1-6-10-11(13-5-14-12(10)19-15-6)16-4-8(3-9(16)18)20-7(2)17/h5,8H,3-4H2,1-2H3. The van der Waals surface area contributed by atoms with Crippen molar-refractivity contribution in [2.75, 3.05) is 11.4 Å². The first-order chi connectivity index (χ1) is 9.56. The Morgan fingerprint density at radius 2 is 2.30 bits per heavy atom. The molecule has 2 aromatic rings. The van der Waals surface area contributed by atoms with Gasteiger partial charge in [-0.25, -0.2) is 4.98 Å². The molecule has 0 bridgehead atoms. The number of aromatic nitrogens is 3. The van der Waals surface area contributed by atoms with Gasteiger partial charge in [0.1, 0.15) is 11.7 Å². The summed E-state index contributed by atoms with van der Waals surface area (Å²) in [7, 11) is 0. The van der Waals surface area contributed by atoms with Crippen LogP contribution in [-0.2, 0) is 9.59 Å². The maximum absolute atomic E-state index is 12.1. The van der Waals surface area contributed by atoms with Gasteiger partial charge in [-0.1, -0.05) is 16.9 Å². The Bertz CT molecular complexity index is 699. The fourth-order valence-corrected chi connectivity index (χ4v) is 3.22. The molecule has 8 heteroatoms. The van der Waals surface area contributed by atoms with Gasteiger partial charge in [0.05, 0.1) is 5.69 Å². The van der Waals surface area contributed by atoms with Crippen molar-refractivity contribution >= 4 is 39.7 Å². The Kier molecular flexibility index (Phi) is 3.17. The van der Waals surface area contributed by atoms with Gasteiger partial charge in [-0.15, -0.1) is 0 Å². The zero-order chi connectivity index (χ0) is 14.3. The third kappa shape index (κ3) is 2.15. The summed E-state index contributed by atoms with van der Waals surface area (Å²) in [6.07, 6.45) is 1.68. The fraction of sp³-hybridized carbons (Fsp3) is 0.417. The molecule has 0 aliphatic carbocycles. The van der Waals surface area contributed by atoms with Crippen LogP contribution in [0.2, 0.25) is 0 Å². The molecule has 0 N–H and O–H groups in total. The molecule has 1 atom stereocenters. The van der Waals surface area contributed by atoms with E-state index < -0.39 is 0 Å². The van der Waals surface area contributed by atoms with E-state index >= 15 is 0 Å². The highest BCUT2D eigenvalue weighted by atomic mass is 32.2. The second-order valence-corrected chi connectivity index (χ2v) is 6.06. The maximum Gasteiger partial charge on any atom is 0.263 e. The number of amides is 1. The highest BCUT2D eigenvalue weighted by Crippen LogP contribution is 2.32. The zero-order valence-electron chi connectivity index (χ0n) is 11.0. The van der Waals surface area contributed by atoms with Gasteiger partial charge in [0.25, 0.3) is 5.71 Å². The topological polar surface area (TPSA) is 89.2 Å². The number of hydrogen-bond donors (Lipinski definition) is 0. The smallest absolute Gasteiger partial charge is 0.263 e. The fourth-order valence-electron chi connectivity index (χ4n) is 2.30. The Balaban J connectivity index is 1.97. The van der Waals surface area contributed by atoms with E-state index in [-0.39, 0.29) is 16.3 Å². The summed E-state index contributed by atoms with van der Waals surface area (Å²) in [5.41, 5.74) is 1.01. The zero-order valence-corrected chi connectivity index (χ0v) is 11.8. The summed E-state index contributed by atoms with van der Waals surface area (Å²) in [6.45, 7) is 3.74. The first kappa shape index (κ1) is 13.0. The van der Waals surface area contributed by atoms with E-state index in [9.17, 15) is 9.59 Å². The molecule has 0 radical (unpaired) electrons. The van der Waals surface area contributed by atoms with Gasteiger partial charge >= 0.3 is 0 Å². The Labute approximate surface area is 118 Å². The van der Waals surface area contributed by atoms with Gasteiger partial charge in [0, 0.05) is 25.1 Å². The Hall–Kier alpha value is -1.96. The number of rotatable bonds is 2. The number of thioether (sulfide) groups is 1. The monoisotopic (exact) mass is 292 g/mol. The summed E-state index contributed by atoms with van der Waals surface area (Å²) < 4.78 is 5.08. The minimum absolute atomic E-state index is 0.0126.